The van der Waals surface area contributed by atoms with Gasteiger partial charge in [-0.3, -0.25) is 0 Å². The summed E-state index contributed by atoms with van der Waals surface area (Å²) in [6, 6.07) is 12.8. The Bertz CT molecular complexity index is 550. The van der Waals surface area contributed by atoms with Crippen LogP contribution in [0.5, 0.6) is 17.4 Å². The van der Waals surface area contributed by atoms with Crippen molar-refractivity contribution in [3.63, 3.8) is 0 Å². The van der Waals surface area contributed by atoms with Crippen molar-refractivity contribution in [2.75, 3.05) is 6.61 Å². The average Bonchev–Trinajstić information content (AvgIpc) is 2.46. The maximum Gasteiger partial charge on any atom is 0.219 e. The lowest BCUT2D eigenvalue weighted by atomic mass is 9.81. The first-order valence-electron chi connectivity index (χ1n) is 6.78. The van der Waals surface area contributed by atoms with Crippen LogP contribution in [-0.4, -0.2) is 22.3 Å². The summed E-state index contributed by atoms with van der Waals surface area (Å²) in [5.74, 6) is 2.00. The molecule has 1 saturated carbocycles. The van der Waals surface area contributed by atoms with E-state index in [9.17, 15) is 5.11 Å². The van der Waals surface area contributed by atoms with Gasteiger partial charge in [-0.25, -0.2) is 4.98 Å². The zero-order valence-corrected chi connectivity index (χ0v) is 11.2. The predicted molar refractivity (Wildman–Crippen MR) is 75.0 cm³/mol. The Morgan fingerprint density at radius 3 is 2.40 bits per heavy atom. The second-order valence-corrected chi connectivity index (χ2v) is 5.11. The molecule has 1 aliphatic rings. The van der Waals surface area contributed by atoms with E-state index >= 15 is 0 Å². The Hall–Kier alpha value is -2.07. The Morgan fingerprint density at radius 1 is 1.05 bits per heavy atom. The first-order chi connectivity index (χ1) is 9.73. The topological polar surface area (TPSA) is 51.6 Å². The number of rotatable bonds is 5. The van der Waals surface area contributed by atoms with E-state index in [-0.39, 0.29) is 0 Å². The molecule has 0 atom stereocenters. The maximum atomic E-state index is 9.96. The van der Waals surface area contributed by atoms with Gasteiger partial charge < -0.3 is 14.6 Å². The van der Waals surface area contributed by atoms with Gasteiger partial charge in [-0.15, -0.1) is 0 Å². The summed E-state index contributed by atoms with van der Waals surface area (Å²) in [6.07, 6.45) is 4.42. The number of hydrogen-bond donors (Lipinski definition) is 1. The summed E-state index contributed by atoms with van der Waals surface area (Å²) in [5.41, 5.74) is -0.622. The van der Waals surface area contributed by atoms with Crippen molar-refractivity contribution in [2.24, 2.45) is 0 Å². The molecule has 4 heteroatoms. The van der Waals surface area contributed by atoms with Crippen LogP contribution in [0.3, 0.4) is 0 Å². The number of nitrogens with zero attached hydrogens (tertiary/aromatic N) is 1. The van der Waals surface area contributed by atoms with Crippen LogP contribution in [0.15, 0.2) is 48.7 Å². The predicted octanol–water partition coefficient (Wildman–Crippen LogP) is 3.17. The molecule has 1 aromatic carbocycles. The molecule has 4 nitrogen and oxygen atoms in total. The second-order valence-electron chi connectivity index (χ2n) is 5.11. The van der Waals surface area contributed by atoms with Gasteiger partial charge in [0.15, 0.2) is 0 Å². The number of benzene rings is 1. The molecule has 0 bridgehead atoms. The number of hydrogen-bond acceptors (Lipinski definition) is 4. The third kappa shape index (κ3) is 3.08. The maximum absolute atomic E-state index is 9.96. The van der Waals surface area contributed by atoms with E-state index in [1.165, 1.54) is 0 Å². The van der Waals surface area contributed by atoms with Crippen molar-refractivity contribution in [1.29, 1.82) is 0 Å². The van der Waals surface area contributed by atoms with Gasteiger partial charge in [-0.2, -0.15) is 0 Å². The molecule has 0 saturated heterocycles. The first-order valence-corrected chi connectivity index (χ1v) is 6.78. The molecule has 1 heterocycles. The molecular weight excluding hydrogens is 254 g/mol. The molecule has 0 amide bonds. The average molecular weight is 271 g/mol. The smallest absolute Gasteiger partial charge is 0.219 e. The van der Waals surface area contributed by atoms with Crippen molar-refractivity contribution >= 4 is 0 Å². The zero-order valence-electron chi connectivity index (χ0n) is 11.2. The van der Waals surface area contributed by atoms with E-state index in [0.29, 0.717) is 18.2 Å². The van der Waals surface area contributed by atoms with Gasteiger partial charge in [0.05, 0.1) is 5.60 Å². The normalized spacial score (nSPS) is 16.2. The first kappa shape index (κ1) is 12.9. The van der Waals surface area contributed by atoms with E-state index in [1.54, 1.807) is 12.3 Å². The number of aliphatic hydroxyl groups is 1. The summed E-state index contributed by atoms with van der Waals surface area (Å²) in [4.78, 5) is 4.10. The molecule has 0 spiro atoms. The molecule has 0 radical (unpaired) electrons. The van der Waals surface area contributed by atoms with Crippen LogP contribution >= 0.6 is 0 Å². The lowest BCUT2D eigenvalue weighted by Gasteiger charge is -2.35. The largest absolute Gasteiger partial charge is 0.491 e. The molecule has 1 aliphatic carbocycles. The minimum absolute atomic E-state index is 0.355. The second kappa shape index (κ2) is 5.51. The van der Waals surface area contributed by atoms with Crippen molar-refractivity contribution in [1.82, 2.24) is 4.98 Å². The van der Waals surface area contributed by atoms with Crippen molar-refractivity contribution in [2.45, 2.75) is 24.9 Å². The van der Waals surface area contributed by atoms with Gasteiger partial charge in [-0.05, 0) is 49.6 Å². The van der Waals surface area contributed by atoms with Gasteiger partial charge in [0.25, 0.3) is 0 Å². The van der Waals surface area contributed by atoms with Crippen LogP contribution in [0.2, 0.25) is 0 Å². The minimum Gasteiger partial charge on any atom is -0.491 e. The van der Waals surface area contributed by atoms with Gasteiger partial charge >= 0.3 is 0 Å². The Labute approximate surface area is 118 Å². The lowest BCUT2D eigenvalue weighted by Crippen LogP contribution is -2.42. The number of ether oxygens (including phenoxy) is 2. The van der Waals surface area contributed by atoms with E-state index < -0.39 is 5.60 Å². The van der Waals surface area contributed by atoms with E-state index in [2.05, 4.69) is 4.98 Å². The van der Waals surface area contributed by atoms with Gasteiger partial charge in [0.2, 0.25) is 5.88 Å². The standard InChI is InChI=1S/C16H17NO3/c18-16(9-3-10-16)12-19-13-5-7-14(8-6-13)20-15-4-1-2-11-17-15/h1-2,4-8,11,18H,3,9-10,12H2. The fourth-order valence-corrected chi connectivity index (χ4v) is 2.08. The molecule has 3 rings (SSSR count). The summed E-state index contributed by atoms with van der Waals surface area (Å²) in [6.45, 7) is 0.355. The highest BCUT2D eigenvalue weighted by molar-refractivity contribution is 5.33. The van der Waals surface area contributed by atoms with Crippen LogP contribution < -0.4 is 9.47 Å². The lowest BCUT2D eigenvalue weighted by molar-refractivity contribution is -0.0663. The van der Waals surface area contributed by atoms with Crippen molar-refractivity contribution in [3.05, 3.63) is 48.7 Å². The Morgan fingerprint density at radius 2 is 1.80 bits per heavy atom. The molecular formula is C16H17NO3. The molecule has 2 aromatic rings. The van der Waals surface area contributed by atoms with Crippen molar-refractivity contribution < 1.29 is 14.6 Å². The van der Waals surface area contributed by atoms with Crippen LogP contribution in [0, 0.1) is 0 Å². The highest BCUT2D eigenvalue weighted by Gasteiger charge is 2.35. The molecule has 1 aromatic heterocycles. The molecule has 104 valence electrons. The van der Waals surface area contributed by atoms with Crippen LogP contribution in [-0.2, 0) is 0 Å². The van der Waals surface area contributed by atoms with Gasteiger partial charge in [0, 0.05) is 12.3 Å². The summed E-state index contributed by atoms with van der Waals surface area (Å²) >= 11 is 0. The van der Waals surface area contributed by atoms with Crippen LogP contribution in [0.4, 0.5) is 0 Å². The molecule has 0 unspecified atom stereocenters. The van der Waals surface area contributed by atoms with Crippen LogP contribution in [0.25, 0.3) is 0 Å². The highest BCUT2D eigenvalue weighted by atomic mass is 16.5. The quantitative estimate of drug-likeness (QED) is 0.907. The van der Waals surface area contributed by atoms with E-state index in [0.717, 1.165) is 25.0 Å². The fourth-order valence-electron chi connectivity index (χ4n) is 2.08. The van der Waals surface area contributed by atoms with Gasteiger partial charge in [0.1, 0.15) is 18.1 Å². The molecule has 1 fully saturated rings. The third-order valence-corrected chi connectivity index (χ3v) is 3.48. The number of pyridine rings is 1. The van der Waals surface area contributed by atoms with E-state index in [1.807, 2.05) is 36.4 Å². The fraction of sp³-hybridized carbons (Fsp3) is 0.312. The third-order valence-electron chi connectivity index (χ3n) is 3.48. The summed E-state index contributed by atoms with van der Waals surface area (Å²) < 4.78 is 11.2. The monoisotopic (exact) mass is 271 g/mol. The number of aromatic nitrogens is 1. The summed E-state index contributed by atoms with van der Waals surface area (Å²) in [5, 5.41) is 9.96. The molecule has 1 N–H and O–H groups in total. The van der Waals surface area contributed by atoms with E-state index in [4.69, 9.17) is 9.47 Å². The zero-order chi connectivity index (χ0) is 13.8. The van der Waals surface area contributed by atoms with Crippen LogP contribution in [0.1, 0.15) is 19.3 Å². The Kier molecular flexibility index (Phi) is 3.56. The molecule has 0 aliphatic heterocycles. The molecule has 20 heavy (non-hydrogen) atoms. The van der Waals surface area contributed by atoms with Gasteiger partial charge in [-0.1, -0.05) is 6.07 Å². The Balaban J connectivity index is 1.57. The summed E-state index contributed by atoms with van der Waals surface area (Å²) in [7, 11) is 0. The minimum atomic E-state index is -0.622. The SMILES string of the molecule is OC1(COc2ccc(Oc3ccccn3)cc2)CCC1. The van der Waals surface area contributed by atoms with Crippen molar-refractivity contribution in [3.8, 4) is 17.4 Å². The highest BCUT2D eigenvalue weighted by Crippen LogP contribution is 2.32.